The topological polar surface area (TPSA) is 148 Å². The number of thiophene rings is 2. The van der Waals surface area contributed by atoms with Gasteiger partial charge in [-0.05, 0) is 111 Å². The summed E-state index contributed by atoms with van der Waals surface area (Å²) in [6.45, 7) is 17.8. The minimum absolute atomic E-state index is 0.175. The van der Waals surface area contributed by atoms with E-state index in [1.165, 1.54) is 26.0 Å². The SMILES string of the molecule is COCCOCCOCCOCCOCCOCCOC[C@@H](C)Oc1ccc(-c2cc(C3=C(c4cc(-c5ccc(O[C@H](C)COCCOCCOCCOCCOCCOCCOC)cc5)sc4C)C(F)(F)C(F)(F)C3(F)F)c(C)s2)cc1. The molecule has 83 heavy (non-hydrogen) atoms. The molecule has 0 saturated heterocycles. The van der Waals surface area contributed by atoms with Crippen molar-refractivity contribution in [2.45, 2.75) is 57.7 Å². The largest absolute Gasteiger partial charge is 0.488 e. The Labute approximate surface area is 491 Å². The fourth-order valence-corrected chi connectivity index (χ4v) is 10.2. The fourth-order valence-electron chi connectivity index (χ4n) is 8.09. The zero-order valence-electron chi connectivity index (χ0n) is 48.4. The van der Waals surface area contributed by atoms with Crippen LogP contribution in [0, 0.1) is 13.8 Å². The molecule has 0 spiro atoms. The van der Waals surface area contributed by atoms with Gasteiger partial charge >= 0.3 is 17.8 Å². The second-order valence-corrected chi connectivity index (χ2v) is 21.3. The molecule has 2 aromatic carbocycles. The highest BCUT2D eigenvalue weighted by Crippen LogP contribution is 2.66. The fraction of sp³-hybridized carbons (Fsp3) is 0.627. The number of benzene rings is 2. The van der Waals surface area contributed by atoms with Gasteiger partial charge in [-0.25, -0.2) is 0 Å². The molecule has 0 unspecified atom stereocenters. The molecule has 0 radical (unpaired) electrons. The van der Waals surface area contributed by atoms with Crippen LogP contribution in [0.1, 0.15) is 34.7 Å². The van der Waals surface area contributed by atoms with Crippen LogP contribution >= 0.6 is 22.7 Å². The molecule has 5 rings (SSSR count). The monoisotopic (exact) mass is 1220 g/mol. The summed E-state index contributed by atoms with van der Waals surface area (Å²) in [5, 5.41) is 0. The number of aryl methyl sites for hydroxylation is 2. The molecule has 0 bridgehead atoms. The van der Waals surface area contributed by atoms with Crippen molar-refractivity contribution in [3.05, 3.63) is 81.5 Å². The lowest BCUT2D eigenvalue weighted by Gasteiger charge is -2.25. The van der Waals surface area contributed by atoms with Crippen LogP contribution in [0.2, 0.25) is 0 Å². The van der Waals surface area contributed by atoms with E-state index < -0.39 is 28.9 Å². The van der Waals surface area contributed by atoms with Gasteiger partial charge in [-0.3, -0.25) is 0 Å². The number of ether oxygens (including phenoxy) is 16. The Morgan fingerprint density at radius 3 is 0.855 bits per heavy atom. The van der Waals surface area contributed by atoms with Crippen LogP contribution in [0.5, 0.6) is 11.5 Å². The van der Waals surface area contributed by atoms with Crippen LogP contribution in [0.4, 0.5) is 26.3 Å². The van der Waals surface area contributed by atoms with Crippen molar-refractivity contribution >= 4 is 33.8 Å². The van der Waals surface area contributed by atoms with Crippen molar-refractivity contribution in [2.75, 3.05) is 186 Å². The van der Waals surface area contributed by atoms with Gasteiger partial charge in [0.05, 0.1) is 172 Å². The molecule has 0 fully saturated rings. The summed E-state index contributed by atoms with van der Waals surface area (Å²) in [6, 6.07) is 16.0. The quantitative estimate of drug-likeness (QED) is 0.0305. The summed E-state index contributed by atoms with van der Waals surface area (Å²) in [7, 11) is 3.24. The van der Waals surface area contributed by atoms with E-state index >= 15 is 26.3 Å². The summed E-state index contributed by atoms with van der Waals surface area (Å²) >= 11 is 2.08. The summed E-state index contributed by atoms with van der Waals surface area (Å²) in [5.41, 5.74) is -2.43. The molecule has 24 heteroatoms. The number of alkyl halides is 6. The van der Waals surface area contributed by atoms with Crippen molar-refractivity contribution in [3.8, 4) is 32.4 Å². The Balaban J connectivity index is 1.03. The number of methoxy groups -OCH3 is 2. The molecule has 468 valence electrons. The van der Waals surface area contributed by atoms with Gasteiger partial charge in [-0.15, -0.1) is 22.7 Å². The minimum atomic E-state index is -5.71. The Morgan fingerprint density at radius 2 is 0.602 bits per heavy atom. The Hall–Kier alpha value is -3.80. The zero-order valence-corrected chi connectivity index (χ0v) is 50.1. The maximum Gasteiger partial charge on any atom is 0.380 e. The predicted octanol–water partition coefficient (Wildman–Crippen LogP) is 10.6. The molecule has 0 amide bonds. The van der Waals surface area contributed by atoms with Crippen molar-refractivity contribution < 1.29 is 102 Å². The average molecular weight is 1230 g/mol. The van der Waals surface area contributed by atoms with Crippen molar-refractivity contribution in [3.63, 3.8) is 0 Å². The number of hydrogen-bond donors (Lipinski definition) is 0. The third kappa shape index (κ3) is 23.1. The molecule has 16 nitrogen and oxygen atoms in total. The standard InChI is InChI=1S/C59H82F6O16S2/c1-43(41-78-37-35-76-33-31-74-29-27-72-25-23-70-21-19-68-17-15-66-5)80-49-11-7-47(8-12-49)53-39-51(45(3)82-53)55-56(58(62,63)59(64,65)57(55,60)61)52-40-54(83-46(52)4)48-9-13-50(14-10-48)81-44(2)42-79-38-36-77-34-32-75-30-28-73-26-24-71-22-20-69-18-16-67-6/h7-14,39-40,43-44H,15-38,41-42H2,1-6H3/t43-,44-/m1/s1. The highest BCUT2D eigenvalue weighted by atomic mass is 32.1. The van der Waals surface area contributed by atoms with Crippen LogP contribution < -0.4 is 9.47 Å². The molecule has 1 aliphatic rings. The third-order valence-electron chi connectivity index (χ3n) is 12.3. The van der Waals surface area contributed by atoms with Crippen LogP contribution in [0.15, 0.2) is 60.7 Å². The Kier molecular flexibility index (Phi) is 32.4. The van der Waals surface area contributed by atoms with Crippen molar-refractivity contribution in [2.24, 2.45) is 0 Å². The van der Waals surface area contributed by atoms with Crippen molar-refractivity contribution in [1.29, 1.82) is 0 Å². The first-order valence-electron chi connectivity index (χ1n) is 27.7. The van der Waals surface area contributed by atoms with Crippen LogP contribution in [-0.2, 0) is 66.3 Å². The maximum absolute atomic E-state index is 16.1. The molecule has 0 N–H and O–H groups in total. The first-order chi connectivity index (χ1) is 40.1. The van der Waals surface area contributed by atoms with Crippen LogP contribution in [-0.4, -0.2) is 216 Å². The van der Waals surface area contributed by atoms with Gasteiger partial charge in [0.1, 0.15) is 23.7 Å². The van der Waals surface area contributed by atoms with Crippen molar-refractivity contribution in [1.82, 2.24) is 0 Å². The van der Waals surface area contributed by atoms with Gasteiger partial charge < -0.3 is 75.8 Å². The van der Waals surface area contributed by atoms with E-state index in [9.17, 15) is 0 Å². The van der Waals surface area contributed by atoms with Gasteiger partial charge in [0.25, 0.3) is 0 Å². The smallest absolute Gasteiger partial charge is 0.380 e. The maximum atomic E-state index is 16.1. The summed E-state index contributed by atoms with van der Waals surface area (Å²) < 4.78 is 183. The van der Waals surface area contributed by atoms with E-state index in [2.05, 4.69) is 0 Å². The van der Waals surface area contributed by atoms with Crippen LogP contribution in [0.3, 0.4) is 0 Å². The Bertz CT molecular complexity index is 2250. The normalized spacial score (nSPS) is 15.4. The summed E-state index contributed by atoms with van der Waals surface area (Å²) in [4.78, 5) is 1.19. The van der Waals surface area contributed by atoms with E-state index in [1.54, 1.807) is 62.8 Å². The number of allylic oxidation sites excluding steroid dienone is 2. The second-order valence-electron chi connectivity index (χ2n) is 18.8. The van der Waals surface area contributed by atoms with Gasteiger partial charge in [0.15, 0.2) is 0 Å². The first-order valence-corrected chi connectivity index (χ1v) is 29.3. The van der Waals surface area contributed by atoms with Gasteiger partial charge in [-0.1, -0.05) is 0 Å². The highest BCUT2D eigenvalue weighted by molar-refractivity contribution is 7.16. The molecule has 2 heterocycles. The summed E-state index contributed by atoms with van der Waals surface area (Å²) in [6.07, 6.45) is -0.692. The molecule has 2 atom stereocenters. The second kappa shape index (κ2) is 38.4. The minimum Gasteiger partial charge on any atom is -0.488 e. The van der Waals surface area contributed by atoms with E-state index in [0.29, 0.717) is 191 Å². The molecule has 0 saturated carbocycles. The molecule has 1 aliphatic carbocycles. The third-order valence-corrected chi connectivity index (χ3v) is 14.5. The van der Waals surface area contributed by atoms with E-state index in [1.807, 2.05) is 13.8 Å². The number of hydrogen-bond acceptors (Lipinski definition) is 18. The van der Waals surface area contributed by atoms with Gasteiger partial charge in [0, 0.05) is 44.9 Å². The Morgan fingerprint density at radius 1 is 0.361 bits per heavy atom. The molecule has 0 aliphatic heterocycles. The first kappa shape index (κ1) is 70.0. The molecular weight excluding hydrogens is 1140 g/mol. The summed E-state index contributed by atoms with van der Waals surface area (Å²) in [5.74, 6) is -15.1. The lowest BCUT2D eigenvalue weighted by molar-refractivity contribution is -0.254. The average Bonchev–Trinajstić information content (AvgIpc) is 1.64. The number of halogens is 6. The molecular formula is C59H82F6O16S2. The predicted molar refractivity (Wildman–Crippen MR) is 304 cm³/mol. The van der Waals surface area contributed by atoms with E-state index in [4.69, 9.17) is 75.8 Å². The van der Waals surface area contributed by atoms with Crippen LogP contribution in [0.25, 0.3) is 32.0 Å². The lowest BCUT2D eigenvalue weighted by Crippen LogP contribution is -2.48. The highest BCUT2D eigenvalue weighted by Gasteiger charge is 2.80. The van der Waals surface area contributed by atoms with Gasteiger partial charge in [0.2, 0.25) is 0 Å². The lowest BCUT2D eigenvalue weighted by atomic mass is 9.94. The molecule has 2 aromatic heterocycles. The zero-order chi connectivity index (χ0) is 59.8. The van der Waals surface area contributed by atoms with E-state index in [0.717, 1.165) is 22.7 Å². The number of rotatable bonds is 48. The molecule has 4 aromatic rings. The van der Waals surface area contributed by atoms with Gasteiger partial charge in [-0.2, -0.15) is 26.3 Å². The van der Waals surface area contributed by atoms with E-state index in [-0.39, 0.29) is 46.3 Å².